The Morgan fingerprint density at radius 2 is 1.74 bits per heavy atom. The number of rotatable bonds is 7. The molecule has 0 bridgehead atoms. The van der Waals surface area contributed by atoms with Crippen LogP contribution in [-0.2, 0) is 16.6 Å². The molecule has 2 aliphatic heterocycles. The number of Topliss-reactive ketones (excluding diaryl/α,β-unsaturated/α-hetero) is 2. The third kappa shape index (κ3) is 4.27. The lowest BCUT2D eigenvalue weighted by atomic mass is 9.66. The molecule has 0 saturated carbocycles. The molecule has 6 rings (SSSR count). The highest BCUT2D eigenvalue weighted by Crippen LogP contribution is 2.56. The fraction of sp³-hybridized carbons (Fsp3) is 0.323. The molecular weight excluding hydrogens is 626 g/mol. The molecule has 14 nitrogen and oxygen atoms in total. The third-order valence-corrected chi connectivity index (χ3v) is 8.97. The number of hydrogen-bond donors (Lipinski definition) is 3. The molecule has 0 radical (unpaired) electrons. The summed E-state index contributed by atoms with van der Waals surface area (Å²) in [5, 5.41) is 12.2. The van der Waals surface area contributed by atoms with Gasteiger partial charge in [-0.25, -0.2) is 9.59 Å². The zero-order valence-electron chi connectivity index (χ0n) is 25.2. The second-order valence-electron chi connectivity index (χ2n) is 11.0. The number of benzene rings is 2. The highest BCUT2D eigenvalue weighted by Gasteiger charge is 2.63. The fourth-order valence-electron chi connectivity index (χ4n) is 6.42. The van der Waals surface area contributed by atoms with Crippen LogP contribution < -0.4 is 40.3 Å². The quantitative estimate of drug-likeness (QED) is 0.317. The molecule has 3 aromatic rings. The lowest BCUT2D eigenvalue weighted by molar-refractivity contribution is -0.139. The molecule has 1 unspecified atom stereocenters. The van der Waals surface area contributed by atoms with E-state index < -0.39 is 52.8 Å². The number of nitrogens with one attached hydrogen (secondary N) is 2. The Labute approximate surface area is 265 Å². The monoisotopic (exact) mass is 653 g/mol. The number of H-pyrrole nitrogens is 1. The zero-order valence-corrected chi connectivity index (χ0v) is 26.0. The molecule has 2 aromatic carbocycles. The van der Waals surface area contributed by atoms with Crippen LogP contribution in [0.4, 0.5) is 5.82 Å². The maximum atomic E-state index is 14.9. The molecule has 3 N–H and O–H groups in total. The second kappa shape index (κ2) is 11.0. The molecular formula is C31H28ClN3O11. The van der Waals surface area contributed by atoms with Crippen LogP contribution >= 0.6 is 11.6 Å². The fourth-order valence-corrected chi connectivity index (χ4v) is 6.68. The van der Waals surface area contributed by atoms with Gasteiger partial charge in [-0.15, -0.1) is 0 Å². The van der Waals surface area contributed by atoms with Crippen LogP contribution in [0.2, 0.25) is 5.02 Å². The second-order valence-corrected chi connectivity index (χ2v) is 11.4. The summed E-state index contributed by atoms with van der Waals surface area (Å²) in [7, 11) is 5.56. The Hall–Kier alpha value is -5.24. The minimum Gasteiger partial charge on any atom is -0.496 e. The van der Waals surface area contributed by atoms with Crippen LogP contribution in [0, 0.1) is 5.92 Å². The van der Waals surface area contributed by atoms with Gasteiger partial charge in [0.25, 0.3) is 5.56 Å². The van der Waals surface area contributed by atoms with Crippen molar-refractivity contribution in [2.24, 2.45) is 13.0 Å². The van der Waals surface area contributed by atoms with Crippen molar-refractivity contribution < 1.29 is 43.2 Å². The maximum Gasteiger partial charge on any atom is 0.341 e. The molecule has 3 atom stereocenters. The number of fused-ring (bicyclic) bond motifs is 2. The van der Waals surface area contributed by atoms with Crippen molar-refractivity contribution in [2.75, 3.05) is 33.3 Å². The number of aromatic amines is 1. The van der Waals surface area contributed by atoms with Gasteiger partial charge in [-0.3, -0.25) is 23.9 Å². The van der Waals surface area contributed by atoms with Gasteiger partial charge in [0.2, 0.25) is 17.2 Å². The lowest BCUT2D eigenvalue weighted by Crippen LogP contribution is -2.58. The Balaban J connectivity index is 1.57. The number of aromatic nitrogens is 2. The van der Waals surface area contributed by atoms with Crippen molar-refractivity contribution in [3.63, 3.8) is 0 Å². The highest BCUT2D eigenvalue weighted by molar-refractivity contribution is 6.36. The van der Waals surface area contributed by atoms with Gasteiger partial charge in [0.05, 0.1) is 26.9 Å². The Bertz CT molecular complexity index is 2010. The van der Waals surface area contributed by atoms with Gasteiger partial charge in [-0.05, 0) is 24.1 Å². The average molecular weight is 654 g/mol. The van der Waals surface area contributed by atoms with Crippen LogP contribution in [-0.4, -0.2) is 65.7 Å². The molecule has 1 aromatic heterocycles. The van der Waals surface area contributed by atoms with Crippen molar-refractivity contribution >= 4 is 35.0 Å². The number of hydrogen-bond acceptors (Lipinski definition) is 11. The predicted molar refractivity (Wildman–Crippen MR) is 162 cm³/mol. The number of ether oxygens (including phenoxy) is 5. The topological polar surface area (TPSA) is 184 Å². The number of carbonyl (C=O) groups is 3. The van der Waals surface area contributed by atoms with Gasteiger partial charge >= 0.3 is 11.7 Å². The van der Waals surface area contributed by atoms with Crippen LogP contribution in [0.1, 0.15) is 40.7 Å². The molecule has 3 heterocycles. The average Bonchev–Trinajstić information content (AvgIpc) is 3.35. The SMILES string of the molecule is COc1cc(C2C3=C(C[C@@H](C)[C@]4(Oc5c(Cl)c(OC)cc(OC)c5C4=O)C3=O)Nc3c2c(=O)[nH]c(=O)n3C)ccc1OCC(=O)O. The first-order valence-electron chi connectivity index (χ1n) is 14.0. The smallest absolute Gasteiger partial charge is 0.341 e. The van der Waals surface area contributed by atoms with E-state index in [0.717, 1.165) is 0 Å². The van der Waals surface area contributed by atoms with Gasteiger partial charge in [0.1, 0.15) is 27.9 Å². The highest BCUT2D eigenvalue weighted by atomic mass is 35.5. The van der Waals surface area contributed by atoms with Crippen molar-refractivity contribution in [3.05, 3.63) is 78.1 Å². The number of carbonyl (C=O) groups excluding carboxylic acids is 2. The summed E-state index contributed by atoms with van der Waals surface area (Å²) in [5.41, 5.74) is -2.71. The lowest BCUT2D eigenvalue weighted by Gasteiger charge is -2.42. The molecule has 46 heavy (non-hydrogen) atoms. The van der Waals surface area contributed by atoms with Crippen LogP contribution in [0.25, 0.3) is 0 Å². The Kier molecular flexibility index (Phi) is 7.34. The number of aliphatic carboxylic acids is 1. The predicted octanol–water partition coefficient (Wildman–Crippen LogP) is 2.65. The number of ketones is 2. The Morgan fingerprint density at radius 1 is 1.04 bits per heavy atom. The molecule has 1 aliphatic carbocycles. The summed E-state index contributed by atoms with van der Waals surface area (Å²) in [5.74, 6) is -3.86. The van der Waals surface area contributed by atoms with E-state index in [1.54, 1.807) is 13.0 Å². The summed E-state index contributed by atoms with van der Waals surface area (Å²) in [6.45, 7) is 1.04. The number of methoxy groups -OCH3 is 3. The molecule has 1 spiro atoms. The third-order valence-electron chi connectivity index (χ3n) is 8.61. The van der Waals surface area contributed by atoms with Crippen molar-refractivity contribution in [2.45, 2.75) is 24.9 Å². The summed E-state index contributed by atoms with van der Waals surface area (Å²) in [6.07, 6.45) is 0.103. The van der Waals surface area contributed by atoms with Crippen LogP contribution in [0.15, 0.2) is 45.1 Å². The molecule has 0 amide bonds. The van der Waals surface area contributed by atoms with Crippen molar-refractivity contribution in [1.82, 2.24) is 9.55 Å². The van der Waals surface area contributed by atoms with E-state index in [-0.39, 0.29) is 62.7 Å². The van der Waals surface area contributed by atoms with E-state index >= 15 is 0 Å². The molecule has 0 fully saturated rings. The molecule has 240 valence electrons. The first-order chi connectivity index (χ1) is 21.9. The van der Waals surface area contributed by atoms with Gasteiger partial charge in [0.15, 0.2) is 23.9 Å². The number of allylic oxidation sites excluding steroid dienone is 1. The number of nitrogens with zero attached hydrogens (tertiary/aromatic N) is 1. The number of carboxylic acids is 1. The van der Waals surface area contributed by atoms with Crippen LogP contribution in [0.5, 0.6) is 28.7 Å². The largest absolute Gasteiger partial charge is 0.496 e. The van der Waals surface area contributed by atoms with E-state index in [0.29, 0.717) is 11.3 Å². The summed E-state index contributed by atoms with van der Waals surface area (Å²) >= 11 is 6.59. The summed E-state index contributed by atoms with van der Waals surface area (Å²) in [6, 6.07) is 5.93. The van der Waals surface area contributed by atoms with E-state index in [1.807, 2.05) is 0 Å². The van der Waals surface area contributed by atoms with E-state index in [4.69, 9.17) is 40.4 Å². The van der Waals surface area contributed by atoms with Gasteiger partial charge in [-0.2, -0.15) is 0 Å². The Morgan fingerprint density at radius 3 is 2.39 bits per heavy atom. The number of anilines is 1. The minimum atomic E-state index is -2.08. The summed E-state index contributed by atoms with van der Waals surface area (Å²) in [4.78, 5) is 68.8. The van der Waals surface area contributed by atoms with Gasteiger partial charge in [-0.1, -0.05) is 24.6 Å². The molecule has 15 heteroatoms. The van der Waals surface area contributed by atoms with E-state index in [1.165, 1.54) is 51.1 Å². The van der Waals surface area contributed by atoms with Crippen molar-refractivity contribution in [3.8, 4) is 28.7 Å². The number of halogens is 1. The normalized spacial score (nSPS) is 21.2. The van der Waals surface area contributed by atoms with Gasteiger partial charge in [0, 0.05) is 36.2 Å². The molecule has 3 aliphatic rings. The van der Waals surface area contributed by atoms with E-state index in [2.05, 4.69) is 10.3 Å². The first kappa shape index (κ1) is 30.8. The summed E-state index contributed by atoms with van der Waals surface area (Å²) < 4.78 is 29.2. The maximum absolute atomic E-state index is 14.9. The van der Waals surface area contributed by atoms with Crippen LogP contribution in [0.3, 0.4) is 0 Å². The first-order valence-corrected chi connectivity index (χ1v) is 14.4. The molecule has 0 saturated heterocycles. The number of carboxylic acid groups (broad SMARTS) is 1. The van der Waals surface area contributed by atoms with Crippen molar-refractivity contribution in [1.29, 1.82) is 0 Å². The van der Waals surface area contributed by atoms with Gasteiger partial charge < -0.3 is 34.1 Å². The minimum absolute atomic E-state index is 0.0138. The zero-order chi connectivity index (χ0) is 33.2. The van der Waals surface area contributed by atoms with E-state index in [9.17, 15) is 24.0 Å². The standard InChI is InChI=1S/C31H28ClN3O11/c1-12-8-14-21(26(38)31(12)27(39)22-17(43-4)10-18(44-5)24(32)25(22)46-31)20(23-28(33-14)35(2)30(41)34-29(23)40)13-6-7-15(16(9-13)42-3)45-11-19(36)37/h6-7,9-10,12,20,33H,8,11H2,1-5H3,(H,36,37)(H,34,40,41)/t12-,20?,31+/m1/s1.